The van der Waals surface area contributed by atoms with Gasteiger partial charge in [0.15, 0.2) is 0 Å². The molecule has 3 amide bonds. The van der Waals surface area contributed by atoms with Gasteiger partial charge in [-0.1, -0.05) is 54.1 Å². The third-order valence-electron chi connectivity index (χ3n) is 5.97. The summed E-state index contributed by atoms with van der Waals surface area (Å²) in [5, 5.41) is 5.34. The lowest BCUT2D eigenvalue weighted by Crippen LogP contribution is -2.56. The summed E-state index contributed by atoms with van der Waals surface area (Å²) in [6.45, 7) is 12.2. The first-order valence-electron chi connectivity index (χ1n) is 13.0. The Morgan fingerprint density at radius 1 is 0.974 bits per heavy atom. The lowest BCUT2D eigenvalue weighted by atomic mass is 9.94. The number of esters is 1. The predicted octanol–water partition coefficient (Wildman–Crippen LogP) is 4.01. The average molecular weight is 540 g/mol. The van der Waals surface area contributed by atoms with Gasteiger partial charge in [0, 0.05) is 12.5 Å². The van der Waals surface area contributed by atoms with E-state index in [4.69, 9.17) is 4.74 Å². The van der Waals surface area contributed by atoms with Crippen LogP contribution in [0.15, 0.2) is 48.5 Å². The molecular weight excluding hydrogens is 498 g/mol. The van der Waals surface area contributed by atoms with E-state index < -0.39 is 47.6 Å². The van der Waals surface area contributed by atoms with Crippen molar-refractivity contribution in [3.8, 4) is 0 Å². The molecule has 9 nitrogen and oxygen atoms in total. The van der Waals surface area contributed by atoms with Gasteiger partial charge in [-0.05, 0) is 65.2 Å². The number of rotatable bonds is 10. The maximum Gasteiger partial charge on any atom is 0.408 e. The van der Waals surface area contributed by atoms with Crippen LogP contribution < -0.4 is 10.6 Å². The monoisotopic (exact) mass is 539 g/mol. The molecule has 0 bridgehead atoms. The van der Waals surface area contributed by atoms with Gasteiger partial charge in [0.2, 0.25) is 11.8 Å². The minimum absolute atomic E-state index is 0.186. The highest BCUT2D eigenvalue weighted by Gasteiger charge is 2.38. The number of methoxy groups -OCH3 is 1. The van der Waals surface area contributed by atoms with Crippen LogP contribution in [0.3, 0.4) is 0 Å². The van der Waals surface area contributed by atoms with Crippen LogP contribution in [0, 0.1) is 13.8 Å². The minimum Gasteiger partial charge on any atom is -0.468 e. The van der Waals surface area contributed by atoms with E-state index in [1.54, 1.807) is 34.6 Å². The zero-order valence-corrected chi connectivity index (χ0v) is 24.2. The molecule has 0 saturated heterocycles. The second-order valence-corrected chi connectivity index (χ2v) is 10.8. The van der Waals surface area contributed by atoms with Crippen LogP contribution in [0.25, 0.3) is 0 Å². The normalized spacial score (nSPS) is 12.7. The number of benzene rings is 2. The van der Waals surface area contributed by atoms with Gasteiger partial charge in [0.25, 0.3) is 0 Å². The van der Waals surface area contributed by atoms with Crippen molar-refractivity contribution in [3.63, 3.8) is 0 Å². The van der Waals surface area contributed by atoms with Crippen molar-refractivity contribution in [2.75, 3.05) is 13.7 Å². The molecule has 2 N–H and O–H groups in total. The van der Waals surface area contributed by atoms with Crippen molar-refractivity contribution in [1.82, 2.24) is 15.5 Å². The molecular formula is C30H41N3O6. The fourth-order valence-corrected chi connectivity index (χ4v) is 4.16. The first-order valence-corrected chi connectivity index (χ1v) is 13.0. The van der Waals surface area contributed by atoms with Crippen LogP contribution in [0.4, 0.5) is 4.79 Å². The van der Waals surface area contributed by atoms with Gasteiger partial charge in [0.1, 0.15) is 24.2 Å². The molecule has 0 aliphatic heterocycles. The average Bonchev–Trinajstić information content (AvgIpc) is 2.85. The number of amides is 3. The van der Waals surface area contributed by atoms with Gasteiger partial charge in [-0.2, -0.15) is 0 Å². The van der Waals surface area contributed by atoms with E-state index in [0.717, 1.165) is 16.7 Å². The Morgan fingerprint density at radius 3 is 2.18 bits per heavy atom. The first-order chi connectivity index (χ1) is 18.2. The Balaban J connectivity index is 2.57. The number of nitrogens with one attached hydrogen (secondary N) is 2. The van der Waals surface area contributed by atoms with E-state index >= 15 is 0 Å². The molecule has 0 aliphatic rings. The smallest absolute Gasteiger partial charge is 0.408 e. The van der Waals surface area contributed by atoms with E-state index in [0.29, 0.717) is 5.56 Å². The number of carbonyl (C=O) groups is 4. The number of alkyl carbamates (subject to hydrolysis) is 1. The van der Waals surface area contributed by atoms with Crippen molar-refractivity contribution >= 4 is 23.9 Å². The summed E-state index contributed by atoms with van der Waals surface area (Å²) >= 11 is 0. The Hall–Kier alpha value is -3.88. The van der Waals surface area contributed by atoms with Crippen LogP contribution in [0.5, 0.6) is 0 Å². The lowest BCUT2D eigenvalue weighted by Gasteiger charge is -2.37. The molecule has 2 aromatic carbocycles. The highest BCUT2D eigenvalue weighted by atomic mass is 16.6. The van der Waals surface area contributed by atoms with Crippen LogP contribution >= 0.6 is 0 Å². The summed E-state index contributed by atoms with van der Waals surface area (Å²) in [6, 6.07) is 12.4. The van der Waals surface area contributed by atoms with Crippen LogP contribution in [0.2, 0.25) is 0 Å². The fourth-order valence-electron chi connectivity index (χ4n) is 4.16. The highest BCUT2D eigenvalue weighted by molar-refractivity contribution is 5.93. The molecule has 0 heterocycles. The summed E-state index contributed by atoms with van der Waals surface area (Å²) in [7, 11) is 1.23. The van der Waals surface area contributed by atoms with Gasteiger partial charge >= 0.3 is 12.1 Å². The summed E-state index contributed by atoms with van der Waals surface area (Å²) in [5.74, 6) is -1.61. The molecule has 0 aliphatic carbocycles. The Labute approximate surface area is 231 Å². The molecule has 9 heteroatoms. The summed E-state index contributed by atoms with van der Waals surface area (Å²) in [4.78, 5) is 54.0. The third kappa shape index (κ3) is 9.42. The maximum absolute atomic E-state index is 14.3. The zero-order valence-electron chi connectivity index (χ0n) is 24.2. The topological polar surface area (TPSA) is 114 Å². The largest absolute Gasteiger partial charge is 0.468 e. The van der Waals surface area contributed by atoms with E-state index in [1.165, 1.54) is 12.0 Å². The standard InChI is InChI=1S/C30H41N3O6/c1-19(2)33(26(27(35)31-18-25(34)38-8)23-16-20(3)14-15-21(23)4)28(36)24(17-22-12-10-9-11-13-22)32-29(37)39-30(5,6)7/h9-16,19,24,26H,17-18H2,1-8H3,(H,31,35)(H,32,37). The van der Waals surface area contributed by atoms with Crippen molar-refractivity contribution in [2.45, 2.75) is 78.6 Å². The van der Waals surface area contributed by atoms with Gasteiger partial charge in [-0.15, -0.1) is 0 Å². The van der Waals surface area contributed by atoms with E-state index in [2.05, 4.69) is 15.4 Å². The summed E-state index contributed by atoms with van der Waals surface area (Å²) < 4.78 is 10.1. The Bertz CT molecular complexity index is 1160. The second kappa shape index (κ2) is 13.8. The SMILES string of the molecule is COC(=O)CNC(=O)C(c1cc(C)ccc1C)N(C(=O)C(Cc1ccccc1)NC(=O)OC(C)(C)C)C(C)C. The molecule has 0 saturated carbocycles. The van der Waals surface area contributed by atoms with E-state index in [9.17, 15) is 19.2 Å². The molecule has 212 valence electrons. The highest BCUT2D eigenvalue weighted by Crippen LogP contribution is 2.29. The molecule has 2 aromatic rings. The van der Waals surface area contributed by atoms with Crippen molar-refractivity contribution in [1.29, 1.82) is 0 Å². The molecule has 0 radical (unpaired) electrons. The summed E-state index contributed by atoms with van der Waals surface area (Å²) in [5.41, 5.74) is 2.39. The van der Waals surface area contributed by atoms with Crippen LogP contribution in [-0.2, 0) is 30.3 Å². The fraction of sp³-hybridized carbons (Fsp3) is 0.467. The first kappa shape index (κ1) is 31.3. The van der Waals surface area contributed by atoms with Gasteiger partial charge in [-0.3, -0.25) is 14.4 Å². The Kier molecular flexibility index (Phi) is 11.1. The molecule has 0 aromatic heterocycles. The van der Waals surface area contributed by atoms with Crippen molar-refractivity contribution in [3.05, 3.63) is 70.8 Å². The maximum atomic E-state index is 14.3. The molecule has 0 fully saturated rings. The van der Waals surface area contributed by atoms with Gasteiger partial charge in [-0.25, -0.2) is 4.79 Å². The molecule has 2 rings (SSSR count). The van der Waals surface area contributed by atoms with Crippen molar-refractivity contribution in [2.24, 2.45) is 0 Å². The number of ether oxygens (including phenoxy) is 2. The van der Waals surface area contributed by atoms with Crippen LogP contribution in [-0.4, -0.2) is 60.1 Å². The molecule has 0 spiro atoms. The molecule has 2 atom stereocenters. The number of nitrogens with zero attached hydrogens (tertiary/aromatic N) is 1. The lowest BCUT2D eigenvalue weighted by molar-refractivity contribution is -0.146. The number of hydrogen-bond acceptors (Lipinski definition) is 6. The molecule has 39 heavy (non-hydrogen) atoms. The Morgan fingerprint density at radius 2 is 1.62 bits per heavy atom. The van der Waals surface area contributed by atoms with Gasteiger partial charge < -0.3 is 25.0 Å². The van der Waals surface area contributed by atoms with Gasteiger partial charge in [0.05, 0.1) is 7.11 Å². The van der Waals surface area contributed by atoms with E-state index in [1.807, 2.05) is 62.4 Å². The predicted molar refractivity (Wildman–Crippen MR) is 149 cm³/mol. The quantitative estimate of drug-likeness (QED) is 0.441. The van der Waals surface area contributed by atoms with E-state index in [-0.39, 0.29) is 13.0 Å². The minimum atomic E-state index is -1.07. The summed E-state index contributed by atoms with van der Waals surface area (Å²) in [6.07, 6.45) is -0.551. The third-order valence-corrected chi connectivity index (χ3v) is 5.97. The molecule has 2 unspecified atom stereocenters. The van der Waals surface area contributed by atoms with Crippen molar-refractivity contribution < 1.29 is 28.7 Å². The van der Waals surface area contributed by atoms with Crippen LogP contribution in [0.1, 0.15) is 62.9 Å². The number of aryl methyl sites for hydroxylation is 2. The second-order valence-electron chi connectivity index (χ2n) is 10.8. The number of hydrogen-bond donors (Lipinski definition) is 2. The number of carbonyl (C=O) groups excluding carboxylic acids is 4. The zero-order chi connectivity index (χ0) is 29.3.